The number of anilines is 1. The van der Waals surface area contributed by atoms with E-state index in [1.54, 1.807) is 29.9 Å². The Hall–Kier alpha value is -3.79. The molecule has 1 N–H and O–H groups in total. The molecule has 8 nitrogen and oxygen atoms in total. The van der Waals surface area contributed by atoms with E-state index in [0.29, 0.717) is 48.8 Å². The minimum Gasteiger partial charge on any atom is -0.379 e. The molecule has 1 amide bonds. The average Bonchev–Trinajstić information content (AvgIpc) is 3.37. The maximum atomic E-state index is 13.5. The molecule has 0 bridgehead atoms. The number of ether oxygens (including phenoxy) is 1. The van der Waals surface area contributed by atoms with Crippen LogP contribution in [0.1, 0.15) is 21.5 Å². The molecule has 1 saturated heterocycles. The number of rotatable bonds is 6. The molecule has 0 unspecified atom stereocenters. The van der Waals surface area contributed by atoms with E-state index >= 15 is 0 Å². The standard InChI is InChI=1S/C28H28N4O4S/c1-20-8-11-22(12-9-20)27-25(19-32(30-27)24-6-4-3-5-7-24)28(33)29-23-13-10-21(2)26(18-23)37(34,35)31-14-16-36-17-15-31/h3-13,18-19H,14-17H2,1-2H3,(H,29,33). The number of hydrogen-bond acceptors (Lipinski definition) is 5. The highest BCUT2D eigenvalue weighted by atomic mass is 32.2. The number of para-hydroxylation sites is 1. The van der Waals surface area contributed by atoms with Gasteiger partial charge < -0.3 is 10.1 Å². The summed E-state index contributed by atoms with van der Waals surface area (Å²) in [6, 6.07) is 22.3. The molecule has 1 aliphatic rings. The maximum Gasteiger partial charge on any atom is 0.259 e. The van der Waals surface area contributed by atoms with Crippen LogP contribution in [0.25, 0.3) is 16.9 Å². The molecular weight excluding hydrogens is 488 g/mol. The van der Waals surface area contributed by atoms with Crippen LogP contribution >= 0.6 is 0 Å². The number of aryl methyl sites for hydroxylation is 2. The largest absolute Gasteiger partial charge is 0.379 e. The summed E-state index contributed by atoms with van der Waals surface area (Å²) in [6.45, 7) is 5.08. The Morgan fingerprint density at radius 1 is 0.946 bits per heavy atom. The minimum absolute atomic E-state index is 0.172. The van der Waals surface area contributed by atoms with E-state index in [1.807, 2.05) is 61.5 Å². The zero-order chi connectivity index (χ0) is 26.0. The predicted octanol–water partition coefficient (Wildman–Crippen LogP) is 4.43. The van der Waals surface area contributed by atoms with E-state index in [2.05, 4.69) is 5.32 Å². The minimum atomic E-state index is -3.72. The molecular formula is C28H28N4O4S. The summed E-state index contributed by atoms with van der Waals surface area (Å²) in [4.78, 5) is 13.7. The van der Waals surface area contributed by atoms with Crippen LogP contribution in [0.15, 0.2) is 83.9 Å². The molecule has 5 rings (SSSR count). The number of amides is 1. The van der Waals surface area contributed by atoms with Crippen molar-refractivity contribution in [3.63, 3.8) is 0 Å². The number of nitrogens with zero attached hydrogens (tertiary/aromatic N) is 3. The molecule has 2 heterocycles. The van der Waals surface area contributed by atoms with Crippen molar-refractivity contribution in [2.75, 3.05) is 31.6 Å². The number of sulfonamides is 1. The van der Waals surface area contributed by atoms with Crippen molar-refractivity contribution in [3.05, 3.63) is 95.7 Å². The highest BCUT2D eigenvalue weighted by Crippen LogP contribution is 2.27. The summed E-state index contributed by atoms with van der Waals surface area (Å²) in [5.74, 6) is -0.378. The third-order valence-corrected chi connectivity index (χ3v) is 8.38. The normalized spacial score (nSPS) is 14.4. The van der Waals surface area contributed by atoms with E-state index in [9.17, 15) is 13.2 Å². The Balaban J connectivity index is 1.49. The summed E-state index contributed by atoms with van der Waals surface area (Å²) in [7, 11) is -3.72. The van der Waals surface area contributed by atoms with Gasteiger partial charge in [-0.2, -0.15) is 9.40 Å². The Morgan fingerprint density at radius 2 is 1.65 bits per heavy atom. The van der Waals surface area contributed by atoms with Crippen LogP contribution in [0.5, 0.6) is 0 Å². The van der Waals surface area contributed by atoms with Gasteiger partial charge >= 0.3 is 0 Å². The summed E-state index contributed by atoms with van der Waals surface area (Å²) in [5.41, 5.74) is 4.66. The van der Waals surface area contributed by atoms with Gasteiger partial charge in [0.2, 0.25) is 10.0 Å². The van der Waals surface area contributed by atoms with Crippen molar-refractivity contribution in [3.8, 4) is 16.9 Å². The van der Waals surface area contributed by atoms with Crippen molar-refractivity contribution in [1.82, 2.24) is 14.1 Å². The Labute approximate surface area is 216 Å². The second kappa shape index (κ2) is 10.3. The van der Waals surface area contributed by atoms with Gasteiger partial charge in [-0.25, -0.2) is 13.1 Å². The molecule has 37 heavy (non-hydrogen) atoms. The number of morpholine rings is 1. The van der Waals surface area contributed by atoms with Gasteiger partial charge in [-0.05, 0) is 43.7 Å². The Bertz CT molecular complexity index is 1520. The number of benzene rings is 3. The molecule has 1 aliphatic heterocycles. The van der Waals surface area contributed by atoms with Gasteiger partial charge in [0, 0.05) is 30.5 Å². The molecule has 1 fully saturated rings. The van der Waals surface area contributed by atoms with E-state index in [1.165, 1.54) is 10.4 Å². The van der Waals surface area contributed by atoms with E-state index in [0.717, 1.165) is 16.8 Å². The topological polar surface area (TPSA) is 93.5 Å². The molecule has 190 valence electrons. The molecule has 9 heteroatoms. The number of carbonyl (C=O) groups is 1. The second-order valence-corrected chi connectivity index (χ2v) is 10.9. The number of aromatic nitrogens is 2. The SMILES string of the molecule is Cc1ccc(-c2nn(-c3ccccc3)cc2C(=O)Nc2ccc(C)c(S(=O)(=O)N3CCOCC3)c2)cc1. The van der Waals surface area contributed by atoms with Crippen molar-refractivity contribution in [2.45, 2.75) is 18.7 Å². The number of hydrogen-bond donors (Lipinski definition) is 1. The molecule has 0 radical (unpaired) electrons. The summed E-state index contributed by atoms with van der Waals surface area (Å²) >= 11 is 0. The zero-order valence-electron chi connectivity index (χ0n) is 20.7. The van der Waals surface area contributed by atoms with Crippen LogP contribution in [0.4, 0.5) is 5.69 Å². The van der Waals surface area contributed by atoms with E-state index in [-0.39, 0.29) is 10.8 Å². The fraction of sp³-hybridized carbons (Fsp3) is 0.214. The van der Waals surface area contributed by atoms with Gasteiger partial charge in [0.25, 0.3) is 5.91 Å². The third kappa shape index (κ3) is 5.20. The van der Waals surface area contributed by atoms with Crippen LogP contribution < -0.4 is 5.32 Å². The van der Waals surface area contributed by atoms with Gasteiger partial charge in [0.05, 0.1) is 29.4 Å². The summed E-state index contributed by atoms with van der Waals surface area (Å²) in [6.07, 6.45) is 1.69. The number of nitrogens with one attached hydrogen (secondary N) is 1. The van der Waals surface area contributed by atoms with Crippen molar-refractivity contribution < 1.29 is 17.9 Å². The van der Waals surface area contributed by atoms with E-state index < -0.39 is 10.0 Å². The third-order valence-electron chi connectivity index (χ3n) is 6.34. The molecule has 4 aromatic rings. The van der Waals surface area contributed by atoms with Crippen LogP contribution in [0.3, 0.4) is 0 Å². The zero-order valence-corrected chi connectivity index (χ0v) is 21.5. The van der Waals surface area contributed by atoms with Gasteiger partial charge in [0.15, 0.2) is 0 Å². The maximum absolute atomic E-state index is 13.5. The average molecular weight is 517 g/mol. The number of carbonyl (C=O) groups excluding carboxylic acids is 1. The smallest absolute Gasteiger partial charge is 0.259 e. The lowest BCUT2D eigenvalue weighted by Gasteiger charge is -2.26. The van der Waals surface area contributed by atoms with Crippen LogP contribution in [0.2, 0.25) is 0 Å². The Morgan fingerprint density at radius 3 is 2.35 bits per heavy atom. The van der Waals surface area contributed by atoms with Crippen LogP contribution in [-0.2, 0) is 14.8 Å². The summed E-state index contributed by atoms with van der Waals surface area (Å²) < 4.78 is 35.0. The molecule has 0 saturated carbocycles. The monoisotopic (exact) mass is 516 g/mol. The highest BCUT2D eigenvalue weighted by Gasteiger charge is 2.28. The lowest BCUT2D eigenvalue weighted by Crippen LogP contribution is -2.40. The molecule has 3 aromatic carbocycles. The molecule has 0 spiro atoms. The van der Waals surface area contributed by atoms with Gasteiger partial charge in [-0.3, -0.25) is 4.79 Å². The Kier molecular flexibility index (Phi) is 6.92. The molecule has 1 aromatic heterocycles. The second-order valence-electron chi connectivity index (χ2n) is 8.99. The lowest BCUT2D eigenvalue weighted by atomic mass is 10.1. The van der Waals surface area contributed by atoms with Crippen molar-refractivity contribution in [2.24, 2.45) is 0 Å². The first-order chi connectivity index (χ1) is 17.8. The molecule has 0 atom stereocenters. The first-order valence-corrected chi connectivity index (χ1v) is 13.5. The van der Waals surface area contributed by atoms with Gasteiger partial charge in [-0.15, -0.1) is 0 Å². The predicted molar refractivity (Wildman–Crippen MR) is 142 cm³/mol. The first-order valence-electron chi connectivity index (χ1n) is 12.0. The summed E-state index contributed by atoms with van der Waals surface area (Å²) in [5, 5.41) is 7.60. The lowest BCUT2D eigenvalue weighted by molar-refractivity contribution is 0.0730. The van der Waals surface area contributed by atoms with Crippen LogP contribution in [0, 0.1) is 13.8 Å². The fourth-order valence-corrected chi connectivity index (χ4v) is 5.92. The van der Waals surface area contributed by atoms with Gasteiger partial charge in [-0.1, -0.05) is 54.1 Å². The van der Waals surface area contributed by atoms with Crippen molar-refractivity contribution >= 4 is 21.6 Å². The van der Waals surface area contributed by atoms with Gasteiger partial charge in [0.1, 0.15) is 5.69 Å². The fourth-order valence-electron chi connectivity index (χ4n) is 4.26. The highest BCUT2D eigenvalue weighted by molar-refractivity contribution is 7.89. The molecule has 0 aliphatic carbocycles. The van der Waals surface area contributed by atoms with E-state index in [4.69, 9.17) is 9.84 Å². The van der Waals surface area contributed by atoms with Crippen molar-refractivity contribution in [1.29, 1.82) is 0 Å². The quantitative estimate of drug-likeness (QED) is 0.409. The van der Waals surface area contributed by atoms with Crippen LogP contribution in [-0.4, -0.2) is 54.7 Å². The first kappa shape index (κ1) is 24.9.